The Morgan fingerprint density at radius 3 is 1.80 bits per heavy atom. The van der Waals surface area contributed by atoms with Gasteiger partial charge in [0.05, 0.1) is 5.54 Å². The summed E-state index contributed by atoms with van der Waals surface area (Å²) < 4.78 is 0. The van der Waals surface area contributed by atoms with Crippen LogP contribution in [0.3, 0.4) is 0 Å². The van der Waals surface area contributed by atoms with Crippen LogP contribution in [0, 0.1) is 0 Å². The fourth-order valence-electron chi connectivity index (χ4n) is 0.903. The van der Waals surface area contributed by atoms with Crippen molar-refractivity contribution in [3.63, 3.8) is 0 Å². The Morgan fingerprint density at radius 1 is 1.40 bits per heavy atom. The Morgan fingerprint density at radius 2 is 1.80 bits per heavy atom. The summed E-state index contributed by atoms with van der Waals surface area (Å²) in [6, 6.07) is 0. The smallest absolute Gasteiger partial charge is 0.149 e. The molecule has 0 saturated heterocycles. The maximum Gasteiger partial charge on any atom is 0.149 e. The third-order valence-electron chi connectivity index (χ3n) is 1.90. The van der Waals surface area contributed by atoms with Gasteiger partial charge in [-0.1, -0.05) is 13.8 Å². The number of carbonyl (C=O) groups excluding carboxylic acids is 1. The number of likely N-dealkylation sites (N-methyl/N-ethyl adjacent to an activating group) is 1. The summed E-state index contributed by atoms with van der Waals surface area (Å²) in [5.74, 6) is 0.278. The standard InChI is InChI=1S/C6H11NO.C2H6/c1-5(8)6(7-2)3-4-6;1-2/h7H,3-4H2,1-2H3;1-2H3. The molecule has 60 valence electrons. The minimum Gasteiger partial charge on any atom is -0.308 e. The zero-order valence-corrected chi connectivity index (χ0v) is 7.32. The van der Waals surface area contributed by atoms with E-state index in [0.29, 0.717) is 0 Å². The predicted molar refractivity (Wildman–Crippen MR) is 43.1 cm³/mol. The molecule has 1 aliphatic rings. The van der Waals surface area contributed by atoms with Crippen LogP contribution in [-0.2, 0) is 4.79 Å². The molecule has 2 heteroatoms. The molecule has 0 aromatic rings. The number of carbonyl (C=O) groups is 1. The molecule has 0 atom stereocenters. The fourth-order valence-corrected chi connectivity index (χ4v) is 0.903. The second-order valence-electron chi connectivity index (χ2n) is 2.39. The van der Waals surface area contributed by atoms with Crippen LogP contribution in [0.25, 0.3) is 0 Å². The number of ketones is 1. The van der Waals surface area contributed by atoms with E-state index in [9.17, 15) is 4.79 Å². The molecule has 0 unspecified atom stereocenters. The first-order valence-corrected chi connectivity index (χ1v) is 3.91. The van der Waals surface area contributed by atoms with Crippen LogP contribution in [-0.4, -0.2) is 18.4 Å². The summed E-state index contributed by atoms with van der Waals surface area (Å²) in [5.41, 5.74) is -0.0972. The highest BCUT2D eigenvalue weighted by Crippen LogP contribution is 2.35. The first-order valence-electron chi connectivity index (χ1n) is 3.91. The average Bonchev–Trinajstić information content (AvgIpc) is 2.71. The van der Waals surface area contributed by atoms with E-state index in [4.69, 9.17) is 0 Å². The molecular formula is C8H17NO. The molecule has 0 amide bonds. The second-order valence-corrected chi connectivity index (χ2v) is 2.39. The van der Waals surface area contributed by atoms with Gasteiger partial charge in [-0.3, -0.25) is 4.79 Å². The lowest BCUT2D eigenvalue weighted by molar-refractivity contribution is -0.119. The normalized spacial score (nSPS) is 18.8. The summed E-state index contributed by atoms with van der Waals surface area (Å²) in [5, 5.41) is 3.00. The Balaban J connectivity index is 0.000000371. The van der Waals surface area contributed by atoms with Crippen molar-refractivity contribution in [3.05, 3.63) is 0 Å². The van der Waals surface area contributed by atoms with Gasteiger partial charge in [-0.15, -0.1) is 0 Å². The highest BCUT2D eigenvalue weighted by molar-refractivity contribution is 5.89. The highest BCUT2D eigenvalue weighted by Gasteiger charge is 2.45. The van der Waals surface area contributed by atoms with Crippen molar-refractivity contribution in [2.75, 3.05) is 7.05 Å². The van der Waals surface area contributed by atoms with Crippen molar-refractivity contribution in [3.8, 4) is 0 Å². The maximum atomic E-state index is 10.7. The lowest BCUT2D eigenvalue weighted by Gasteiger charge is -2.06. The lowest BCUT2D eigenvalue weighted by Crippen LogP contribution is -2.34. The SMILES string of the molecule is CC.CNC1(C(C)=O)CC1. The van der Waals surface area contributed by atoms with Crippen molar-refractivity contribution >= 4 is 5.78 Å². The Labute approximate surface area is 63.0 Å². The molecular weight excluding hydrogens is 126 g/mol. The molecule has 0 aromatic heterocycles. The first-order chi connectivity index (χ1) is 4.71. The summed E-state index contributed by atoms with van der Waals surface area (Å²) in [6.07, 6.45) is 2.05. The molecule has 1 aliphatic carbocycles. The summed E-state index contributed by atoms with van der Waals surface area (Å²) >= 11 is 0. The molecule has 0 spiro atoms. The zero-order valence-electron chi connectivity index (χ0n) is 7.32. The van der Waals surface area contributed by atoms with Gasteiger partial charge < -0.3 is 5.32 Å². The van der Waals surface area contributed by atoms with Crippen molar-refractivity contribution in [2.24, 2.45) is 0 Å². The molecule has 0 aliphatic heterocycles. The van der Waals surface area contributed by atoms with Gasteiger partial charge >= 0.3 is 0 Å². The molecule has 0 heterocycles. The van der Waals surface area contributed by atoms with E-state index in [1.807, 2.05) is 20.9 Å². The van der Waals surface area contributed by atoms with Crippen LogP contribution >= 0.6 is 0 Å². The molecule has 1 fully saturated rings. The average molecular weight is 143 g/mol. The van der Waals surface area contributed by atoms with Gasteiger partial charge in [0.2, 0.25) is 0 Å². The van der Waals surface area contributed by atoms with Gasteiger partial charge in [-0.2, -0.15) is 0 Å². The number of nitrogens with one attached hydrogen (secondary N) is 1. The van der Waals surface area contributed by atoms with Crippen LogP contribution in [0.5, 0.6) is 0 Å². The molecule has 0 bridgehead atoms. The van der Waals surface area contributed by atoms with E-state index in [-0.39, 0.29) is 11.3 Å². The fraction of sp³-hybridized carbons (Fsp3) is 0.875. The minimum absolute atomic E-state index is 0.0972. The van der Waals surface area contributed by atoms with Gasteiger partial charge in [0, 0.05) is 0 Å². The van der Waals surface area contributed by atoms with Gasteiger partial charge in [0.1, 0.15) is 5.78 Å². The van der Waals surface area contributed by atoms with E-state index < -0.39 is 0 Å². The van der Waals surface area contributed by atoms with E-state index in [0.717, 1.165) is 12.8 Å². The predicted octanol–water partition coefficient (Wildman–Crippen LogP) is 1.35. The molecule has 1 rings (SSSR count). The third kappa shape index (κ3) is 1.81. The van der Waals surface area contributed by atoms with Crippen LogP contribution in [0.4, 0.5) is 0 Å². The summed E-state index contributed by atoms with van der Waals surface area (Å²) in [4.78, 5) is 10.7. The van der Waals surface area contributed by atoms with E-state index in [2.05, 4.69) is 5.32 Å². The van der Waals surface area contributed by atoms with Crippen LogP contribution in [0.2, 0.25) is 0 Å². The van der Waals surface area contributed by atoms with Gasteiger partial charge in [0.25, 0.3) is 0 Å². The van der Waals surface area contributed by atoms with Gasteiger partial charge in [-0.05, 0) is 26.8 Å². The Kier molecular flexibility index (Phi) is 3.58. The second kappa shape index (κ2) is 3.71. The number of rotatable bonds is 2. The Hall–Kier alpha value is -0.370. The number of Topliss-reactive ketones (excluding diaryl/α,β-unsaturated/α-hetero) is 1. The molecule has 1 N–H and O–H groups in total. The first kappa shape index (κ1) is 9.63. The van der Waals surface area contributed by atoms with Crippen molar-refractivity contribution in [1.82, 2.24) is 5.32 Å². The molecule has 0 aromatic carbocycles. The zero-order chi connectivity index (χ0) is 8.20. The largest absolute Gasteiger partial charge is 0.308 e. The summed E-state index contributed by atoms with van der Waals surface area (Å²) in [6.45, 7) is 5.64. The maximum absolute atomic E-state index is 10.7. The third-order valence-corrected chi connectivity index (χ3v) is 1.90. The van der Waals surface area contributed by atoms with Crippen molar-refractivity contribution in [1.29, 1.82) is 0 Å². The van der Waals surface area contributed by atoms with Crippen LogP contribution in [0.15, 0.2) is 0 Å². The molecule has 2 nitrogen and oxygen atoms in total. The van der Waals surface area contributed by atoms with Gasteiger partial charge in [0.15, 0.2) is 0 Å². The monoisotopic (exact) mass is 143 g/mol. The number of hydrogen-bond donors (Lipinski definition) is 1. The van der Waals surface area contributed by atoms with Crippen molar-refractivity contribution < 1.29 is 4.79 Å². The molecule has 1 saturated carbocycles. The van der Waals surface area contributed by atoms with Crippen molar-refractivity contribution in [2.45, 2.75) is 39.2 Å². The topological polar surface area (TPSA) is 29.1 Å². The lowest BCUT2D eigenvalue weighted by atomic mass is 10.2. The van der Waals surface area contributed by atoms with Crippen LogP contribution < -0.4 is 5.32 Å². The quantitative estimate of drug-likeness (QED) is 0.632. The minimum atomic E-state index is -0.0972. The van der Waals surface area contributed by atoms with Crippen LogP contribution in [0.1, 0.15) is 33.6 Å². The molecule has 10 heavy (non-hydrogen) atoms. The summed E-state index contributed by atoms with van der Waals surface area (Å²) in [7, 11) is 1.84. The van der Waals surface area contributed by atoms with Gasteiger partial charge in [-0.25, -0.2) is 0 Å². The Bertz CT molecular complexity index is 116. The van der Waals surface area contributed by atoms with E-state index in [1.165, 1.54) is 0 Å². The number of hydrogen-bond acceptors (Lipinski definition) is 2. The van der Waals surface area contributed by atoms with E-state index >= 15 is 0 Å². The highest BCUT2D eigenvalue weighted by atomic mass is 16.1. The molecule has 0 radical (unpaired) electrons. The van der Waals surface area contributed by atoms with E-state index in [1.54, 1.807) is 6.92 Å².